The van der Waals surface area contributed by atoms with E-state index in [0.717, 1.165) is 44.7 Å². The molecule has 41 heavy (non-hydrogen) atoms. The van der Waals surface area contributed by atoms with E-state index in [4.69, 9.17) is 29.9 Å². The van der Waals surface area contributed by atoms with Gasteiger partial charge in [0, 0.05) is 24.7 Å². The number of hydrogen-bond acceptors (Lipinski definition) is 10. The van der Waals surface area contributed by atoms with Gasteiger partial charge in [0.25, 0.3) is 5.91 Å². The molecule has 1 aromatic heterocycles. The van der Waals surface area contributed by atoms with Gasteiger partial charge in [-0.05, 0) is 76.9 Å². The van der Waals surface area contributed by atoms with Crippen LogP contribution in [0.5, 0.6) is 5.75 Å². The number of aromatic nitrogens is 2. The zero-order valence-electron chi connectivity index (χ0n) is 23.0. The SMILES string of the molecule is CCOC(=O)Oc1cnn(-c2ccc(C(=O)N3CCC[C@H]3CN3CCCC3)cc2)c1C.O=C(O)C(O)C(O)C(=O)O. The van der Waals surface area contributed by atoms with E-state index in [2.05, 4.69) is 10.00 Å². The van der Waals surface area contributed by atoms with Gasteiger partial charge >= 0.3 is 18.1 Å². The fourth-order valence-corrected chi connectivity index (χ4v) is 4.73. The zero-order valence-corrected chi connectivity index (χ0v) is 23.0. The molecule has 14 nitrogen and oxygen atoms in total. The van der Waals surface area contributed by atoms with Crippen LogP contribution in [0.3, 0.4) is 0 Å². The summed E-state index contributed by atoms with van der Waals surface area (Å²) in [5, 5.41) is 36.8. The number of nitrogens with zero attached hydrogens (tertiary/aromatic N) is 4. The normalized spacial score (nSPS) is 18.2. The number of hydrogen-bond donors (Lipinski definition) is 4. The number of ether oxygens (including phenoxy) is 2. The van der Waals surface area contributed by atoms with Crippen molar-refractivity contribution >= 4 is 24.0 Å². The van der Waals surface area contributed by atoms with Crippen molar-refractivity contribution in [2.45, 2.75) is 57.8 Å². The van der Waals surface area contributed by atoms with Gasteiger partial charge < -0.3 is 39.7 Å². The molecule has 3 heterocycles. The van der Waals surface area contributed by atoms with E-state index in [0.29, 0.717) is 23.0 Å². The minimum Gasteiger partial charge on any atom is -0.479 e. The van der Waals surface area contributed by atoms with Crippen molar-refractivity contribution in [1.29, 1.82) is 0 Å². The average Bonchev–Trinajstić information content (AvgIpc) is 3.71. The Labute approximate surface area is 236 Å². The first-order valence-corrected chi connectivity index (χ1v) is 13.4. The lowest BCUT2D eigenvalue weighted by molar-refractivity contribution is -0.165. The lowest BCUT2D eigenvalue weighted by atomic mass is 10.1. The van der Waals surface area contributed by atoms with E-state index in [-0.39, 0.29) is 12.5 Å². The van der Waals surface area contributed by atoms with Crippen LogP contribution in [0.4, 0.5) is 4.79 Å². The van der Waals surface area contributed by atoms with E-state index in [1.807, 2.05) is 36.1 Å². The second-order valence-electron chi connectivity index (χ2n) is 9.71. The lowest BCUT2D eigenvalue weighted by Crippen LogP contribution is -2.42. The van der Waals surface area contributed by atoms with Crippen LogP contribution >= 0.6 is 0 Å². The third-order valence-electron chi connectivity index (χ3n) is 6.89. The molecule has 0 spiro atoms. The van der Waals surface area contributed by atoms with E-state index >= 15 is 0 Å². The average molecular weight is 577 g/mol. The van der Waals surface area contributed by atoms with Crippen LogP contribution in [0, 0.1) is 6.92 Å². The Morgan fingerprint density at radius 1 is 0.976 bits per heavy atom. The van der Waals surface area contributed by atoms with Crippen LogP contribution in [0.2, 0.25) is 0 Å². The summed E-state index contributed by atoms with van der Waals surface area (Å²) in [7, 11) is 0. The third-order valence-corrected chi connectivity index (χ3v) is 6.89. The molecular weight excluding hydrogens is 540 g/mol. The van der Waals surface area contributed by atoms with Gasteiger partial charge in [-0.15, -0.1) is 0 Å². The molecule has 2 unspecified atom stereocenters. The molecule has 2 saturated heterocycles. The first-order valence-electron chi connectivity index (χ1n) is 13.4. The van der Waals surface area contributed by atoms with Gasteiger partial charge in [0.1, 0.15) is 0 Å². The number of aliphatic carboxylic acids is 2. The number of aliphatic hydroxyl groups is 2. The molecule has 4 rings (SSSR count). The van der Waals surface area contributed by atoms with Crippen LogP contribution < -0.4 is 4.74 Å². The molecule has 224 valence electrons. The molecule has 2 fully saturated rings. The van der Waals surface area contributed by atoms with Crippen molar-refractivity contribution in [3.8, 4) is 11.4 Å². The summed E-state index contributed by atoms with van der Waals surface area (Å²) in [5.41, 5.74) is 2.16. The Balaban J connectivity index is 0.000000397. The smallest absolute Gasteiger partial charge is 0.479 e. The number of carboxylic acids is 2. The summed E-state index contributed by atoms with van der Waals surface area (Å²) < 4.78 is 11.7. The first kappa shape index (κ1) is 31.5. The van der Waals surface area contributed by atoms with Gasteiger partial charge in [0.15, 0.2) is 18.0 Å². The molecule has 0 radical (unpaired) electrons. The second kappa shape index (κ2) is 14.6. The molecule has 1 amide bonds. The number of likely N-dealkylation sites (tertiary alicyclic amines) is 2. The maximum atomic E-state index is 13.1. The number of carbonyl (C=O) groups excluding carboxylic acids is 2. The first-order chi connectivity index (χ1) is 19.5. The van der Waals surface area contributed by atoms with E-state index < -0.39 is 30.3 Å². The van der Waals surface area contributed by atoms with Gasteiger partial charge in [0.2, 0.25) is 0 Å². The summed E-state index contributed by atoms with van der Waals surface area (Å²) in [4.78, 5) is 48.8. The number of carbonyl (C=O) groups is 4. The molecule has 0 aliphatic carbocycles. The van der Waals surface area contributed by atoms with Gasteiger partial charge in [-0.2, -0.15) is 5.10 Å². The standard InChI is InChI=1S/C23H30N4O4.C4H6O6/c1-3-30-23(29)31-21-15-24-27(17(21)2)19-10-8-18(9-11-19)22(28)26-14-6-7-20(26)16-25-12-4-5-13-25;5-1(3(7)8)2(6)4(9)10/h8-11,15,20H,3-7,12-14,16H2,1-2H3;1-2,5-6H,(H,7,8)(H,9,10)/t20-;/m0./s1. The summed E-state index contributed by atoms with van der Waals surface area (Å²) in [5.74, 6) is -3.10. The Morgan fingerprint density at radius 3 is 2.15 bits per heavy atom. The van der Waals surface area contributed by atoms with Crippen molar-refractivity contribution in [3.63, 3.8) is 0 Å². The minimum absolute atomic E-state index is 0.0942. The number of aliphatic hydroxyl groups excluding tert-OH is 2. The molecule has 0 bridgehead atoms. The molecular formula is C27H36N4O10. The number of amides is 1. The highest BCUT2D eigenvalue weighted by Gasteiger charge is 2.31. The quantitative estimate of drug-likeness (QED) is 0.313. The predicted octanol–water partition coefficient (Wildman–Crippen LogP) is 1.29. The van der Waals surface area contributed by atoms with Crippen LogP contribution in [0.25, 0.3) is 5.69 Å². The summed E-state index contributed by atoms with van der Waals surface area (Å²) >= 11 is 0. The zero-order chi connectivity index (χ0) is 30.1. The second-order valence-corrected chi connectivity index (χ2v) is 9.71. The van der Waals surface area contributed by atoms with Crippen LogP contribution in [-0.4, -0.2) is 115 Å². The highest BCUT2D eigenvalue weighted by molar-refractivity contribution is 5.94. The van der Waals surface area contributed by atoms with Gasteiger partial charge in [-0.25, -0.2) is 19.1 Å². The Morgan fingerprint density at radius 2 is 1.59 bits per heavy atom. The van der Waals surface area contributed by atoms with E-state index in [1.165, 1.54) is 19.0 Å². The molecule has 4 N–H and O–H groups in total. The summed E-state index contributed by atoms with van der Waals surface area (Å²) in [6, 6.07) is 7.73. The predicted molar refractivity (Wildman–Crippen MR) is 143 cm³/mol. The van der Waals surface area contributed by atoms with Crippen LogP contribution in [-0.2, 0) is 14.3 Å². The number of rotatable bonds is 9. The Kier molecular flexibility index (Phi) is 11.2. The topological polar surface area (TPSA) is 192 Å². The van der Waals surface area contributed by atoms with Gasteiger partial charge in [0.05, 0.1) is 24.2 Å². The van der Waals surface area contributed by atoms with E-state index in [1.54, 1.807) is 11.6 Å². The van der Waals surface area contributed by atoms with Crippen LogP contribution in [0.1, 0.15) is 48.7 Å². The Bertz CT molecular complexity index is 1190. The fourth-order valence-electron chi connectivity index (χ4n) is 4.73. The van der Waals surface area contributed by atoms with Gasteiger partial charge in [-0.3, -0.25) is 4.79 Å². The van der Waals surface area contributed by atoms with Crippen molar-refractivity contribution < 1.29 is 49.1 Å². The lowest BCUT2D eigenvalue weighted by Gasteiger charge is -2.28. The largest absolute Gasteiger partial charge is 0.513 e. The van der Waals surface area contributed by atoms with Crippen molar-refractivity contribution in [3.05, 3.63) is 41.7 Å². The molecule has 2 aliphatic rings. The van der Waals surface area contributed by atoms with Gasteiger partial charge in [-0.1, -0.05) is 0 Å². The monoisotopic (exact) mass is 576 g/mol. The molecule has 0 saturated carbocycles. The Hall–Kier alpha value is -4.01. The molecule has 1 aromatic carbocycles. The summed E-state index contributed by atoms with van der Waals surface area (Å²) in [6.45, 7) is 7.89. The molecule has 2 aliphatic heterocycles. The van der Waals surface area contributed by atoms with E-state index in [9.17, 15) is 19.2 Å². The molecule has 14 heteroatoms. The maximum absolute atomic E-state index is 13.1. The number of carboxylic acid groups (broad SMARTS) is 2. The van der Waals surface area contributed by atoms with Crippen LogP contribution in [0.15, 0.2) is 30.5 Å². The number of benzene rings is 1. The summed E-state index contributed by atoms with van der Waals surface area (Å²) in [6.07, 6.45) is 0.880. The van der Waals surface area contributed by atoms with Crippen molar-refractivity contribution in [2.24, 2.45) is 0 Å². The maximum Gasteiger partial charge on any atom is 0.513 e. The minimum atomic E-state index is -2.27. The van der Waals surface area contributed by atoms with Crippen molar-refractivity contribution in [1.82, 2.24) is 19.6 Å². The highest BCUT2D eigenvalue weighted by Crippen LogP contribution is 2.24. The highest BCUT2D eigenvalue weighted by atomic mass is 16.7. The fraction of sp³-hybridized carbons (Fsp3) is 0.519. The molecule has 2 aromatic rings. The van der Waals surface area contributed by atoms with Crippen molar-refractivity contribution in [2.75, 3.05) is 32.8 Å². The third kappa shape index (κ3) is 8.25. The molecule has 3 atom stereocenters.